The number of carbonyl (C=O) groups is 1. The summed E-state index contributed by atoms with van der Waals surface area (Å²) in [7, 11) is 0. The Bertz CT molecular complexity index is 885. The Morgan fingerprint density at radius 1 is 1.00 bits per heavy atom. The Balaban J connectivity index is 0.00000300. The van der Waals surface area contributed by atoms with Gasteiger partial charge in [0.15, 0.2) is 0 Å². The third-order valence-electron chi connectivity index (χ3n) is 5.10. The second kappa shape index (κ2) is 11.2. The van der Waals surface area contributed by atoms with Crippen LogP contribution in [0.15, 0.2) is 78.2 Å². The third-order valence-corrected chi connectivity index (χ3v) is 5.10. The summed E-state index contributed by atoms with van der Waals surface area (Å²) in [5.74, 6) is 2.06. The van der Waals surface area contributed by atoms with E-state index >= 15 is 0 Å². The first-order chi connectivity index (χ1) is 13.7. The fraction of sp³-hybridized carbons (Fsp3) is 0.333. The number of unbranched alkanes of at least 4 members (excludes halogenated alkanes) is 1. The van der Waals surface area contributed by atoms with Gasteiger partial charge in [-0.3, -0.25) is 4.79 Å². The molecule has 2 aromatic rings. The Kier molecular flexibility index (Phi) is 8.70. The van der Waals surface area contributed by atoms with Gasteiger partial charge in [-0.2, -0.15) is 0 Å². The Morgan fingerprint density at radius 2 is 1.62 bits per heavy atom. The van der Waals surface area contributed by atoms with Crippen LogP contribution in [-0.2, 0) is 9.53 Å². The van der Waals surface area contributed by atoms with Crippen LogP contribution in [-0.4, -0.2) is 5.78 Å². The van der Waals surface area contributed by atoms with Gasteiger partial charge in [0.2, 0.25) is 0 Å². The summed E-state index contributed by atoms with van der Waals surface area (Å²) in [5, 5.41) is 0. The highest BCUT2D eigenvalue weighted by molar-refractivity contribution is 5.93. The van der Waals surface area contributed by atoms with Crippen molar-refractivity contribution in [2.75, 3.05) is 0 Å². The first-order valence-corrected chi connectivity index (χ1v) is 10.2. The van der Waals surface area contributed by atoms with Crippen LogP contribution in [0.4, 0.5) is 0 Å². The number of allylic oxidation sites excluding steroid dienone is 2. The van der Waals surface area contributed by atoms with Crippen molar-refractivity contribution >= 4 is 17.1 Å². The molecule has 0 N–H and O–H groups in total. The van der Waals surface area contributed by atoms with Gasteiger partial charge in [-0.1, -0.05) is 94.1 Å². The number of Topliss-reactive ketones (excluding diaryl/α,β-unsaturated/α-hetero) is 1. The van der Waals surface area contributed by atoms with E-state index in [1.165, 1.54) is 0 Å². The molecule has 0 saturated heterocycles. The van der Waals surface area contributed by atoms with Gasteiger partial charge in [-0.05, 0) is 24.5 Å². The second-order valence-corrected chi connectivity index (χ2v) is 7.30. The lowest BCUT2D eigenvalue weighted by Gasteiger charge is -2.19. The van der Waals surface area contributed by atoms with Crippen molar-refractivity contribution in [3.05, 3.63) is 89.4 Å². The fourth-order valence-electron chi connectivity index (χ4n) is 3.29. The van der Waals surface area contributed by atoms with Gasteiger partial charge in [-0.25, -0.2) is 0 Å². The standard InChI is InChI=1S/C26H28O2.CH4/c1-3-4-15-25(27)20(2)16-17-23-18-19-24(21-11-7-5-8-12-21)26(28-23)22-13-9-6-10-14-22;/h5-14,19-20H,3-4,15-17H2,1-2H3;1H4. The van der Waals surface area contributed by atoms with E-state index in [1.807, 2.05) is 49.4 Å². The molecule has 152 valence electrons. The van der Waals surface area contributed by atoms with E-state index < -0.39 is 0 Å². The summed E-state index contributed by atoms with van der Waals surface area (Å²) in [6.45, 7) is 4.14. The topological polar surface area (TPSA) is 26.3 Å². The van der Waals surface area contributed by atoms with Crippen LogP contribution in [0.2, 0.25) is 0 Å². The lowest BCUT2D eigenvalue weighted by Crippen LogP contribution is -2.11. The van der Waals surface area contributed by atoms with Gasteiger partial charge >= 0.3 is 0 Å². The van der Waals surface area contributed by atoms with E-state index in [9.17, 15) is 4.79 Å². The monoisotopic (exact) mass is 388 g/mol. The first-order valence-electron chi connectivity index (χ1n) is 10.2. The molecule has 0 aromatic heterocycles. The van der Waals surface area contributed by atoms with Crippen LogP contribution in [0, 0.1) is 5.92 Å². The summed E-state index contributed by atoms with van der Waals surface area (Å²) >= 11 is 0. The molecule has 0 fully saturated rings. The fourth-order valence-corrected chi connectivity index (χ4v) is 3.29. The molecule has 0 radical (unpaired) electrons. The average molecular weight is 389 g/mol. The van der Waals surface area contributed by atoms with Crippen molar-refractivity contribution in [2.24, 2.45) is 5.92 Å². The lowest BCUT2D eigenvalue weighted by atomic mass is 9.95. The van der Waals surface area contributed by atoms with E-state index in [2.05, 4.69) is 36.9 Å². The number of benzene rings is 2. The maximum atomic E-state index is 12.2. The van der Waals surface area contributed by atoms with Gasteiger partial charge in [-0.15, -0.1) is 0 Å². The molecule has 2 heteroatoms. The normalized spacial score (nSPS) is 13.9. The molecule has 2 nitrogen and oxygen atoms in total. The van der Waals surface area contributed by atoms with Gasteiger partial charge in [0.25, 0.3) is 0 Å². The van der Waals surface area contributed by atoms with Crippen LogP contribution < -0.4 is 0 Å². The zero-order valence-corrected chi connectivity index (χ0v) is 16.8. The van der Waals surface area contributed by atoms with E-state index in [0.717, 1.165) is 47.5 Å². The quantitative estimate of drug-likeness (QED) is 0.417. The number of hydrogen-bond acceptors (Lipinski definition) is 2. The minimum absolute atomic E-state index is 0. The number of rotatable bonds is 9. The Morgan fingerprint density at radius 3 is 2.24 bits per heavy atom. The summed E-state index contributed by atoms with van der Waals surface area (Å²) in [6, 6.07) is 20.4. The van der Waals surface area contributed by atoms with Crippen molar-refractivity contribution in [3.63, 3.8) is 0 Å². The molecule has 1 unspecified atom stereocenters. The van der Waals surface area contributed by atoms with Crippen LogP contribution in [0.5, 0.6) is 0 Å². The number of carbonyl (C=O) groups excluding carboxylic acids is 1. The van der Waals surface area contributed by atoms with E-state index in [0.29, 0.717) is 18.6 Å². The highest BCUT2D eigenvalue weighted by Gasteiger charge is 2.19. The maximum Gasteiger partial charge on any atom is 0.146 e. The minimum atomic E-state index is 0. The molecule has 29 heavy (non-hydrogen) atoms. The zero-order valence-electron chi connectivity index (χ0n) is 16.8. The van der Waals surface area contributed by atoms with Crippen LogP contribution >= 0.6 is 0 Å². The number of hydrogen-bond donors (Lipinski definition) is 0. The van der Waals surface area contributed by atoms with Gasteiger partial charge in [0.05, 0.1) is 0 Å². The minimum Gasteiger partial charge on any atom is -0.452 e. The maximum absolute atomic E-state index is 12.2. The lowest BCUT2D eigenvalue weighted by molar-refractivity contribution is -0.122. The molecule has 1 heterocycles. The first kappa shape index (κ1) is 22.5. The molecule has 2 aromatic carbocycles. The second-order valence-electron chi connectivity index (χ2n) is 7.30. The predicted molar refractivity (Wildman–Crippen MR) is 122 cm³/mol. The van der Waals surface area contributed by atoms with Crippen LogP contribution in [0.3, 0.4) is 0 Å². The molecular weight excluding hydrogens is 356 g/mol. The van der Waals surface area contributed by atoms with Gasteiger partial charge < -0.3 is 4.74 Å². The van der Waals surface area contributed by atoms with E-state index in [1.54, 1.807) is 0 Å². The summed E-state index contributed by atoms with van der Waals surface area (Å²) in [6.07, 6.45) is 6.24. The third kappa shape index (κ3) is 6.07. The summed E-state index contributed by atoms with van der Waals surface area (Å²) < 4.78 is 6.29. The summed E-state index contributed by atoms with van der Waals surface area (Å²) in [5.41, 5.74) is 6.49. The highest BCUT2D eigenvalue weighted by Crippen LogP contribution is 2.34. The molecule has 0 saturated carbocycles. The molecule has 0 bridgehead atoms. The molecule has 3 rings (SSSR count). The van der Waals surface area contributed by atoms with E-state index in [-0.39, 0.29) is 13.3 Å². The van der Waals surface area contributed by atoms with Crippen molar-refractivity contribution in [1.29, 1.82) is 0 Å². The Hall–Kier alpha value is -2.83. The van der Waals surface area contributed by atoms with Crippen molar-refractivity contribution in [2.45, 2.75) is 53.4 Å². The van der Waals surface area contributed by atoms with E-state index in [4.69, 9.17) is 4.74 Å². The molecular formula is C27H32O2. The number of ketones is 1. The van der Waals surface area contributed by atoms with Gasteiger partial charge in [0.1, 0.15) is 17.3 Å². The molecule has 0 amide bonds. The van der Waals surface area contributed by atoms with Crippen LogP contribution in [0.25, 0.3) is 11.3 Å². The van der Waals surface area contributed by atoms with Crippen molar-refractivity contribution < 1.29 is 9.53 Å². The number of ether oxygens (including phenoxy) is 1. The Labute approximate surface area is 175 Å². The largest absolute Gasteiger partial charge is 0.452 e. The molecule has 1 atom stereocenters. The zero-order chi connectivity index (χ0) is 19.8. The van der Waals surface area contributed by atoms with Gasteiger partial charge in [0, 0.05) is 29.9 Å². The molecule has 1 aliphatic heterocycles. The highest BCUT2D eigenvalue weighted by atomic mass is 16.5. The van der Waals surface area contributed by atoms with Crippen LogP contribution in [0.1, 0.15) is 64.5 Å². The molecule has 1 aliphatic rings. The van der Waals surface area contributed by atoms with Crippen molar-refractivity contribution in [1.82, 2.24) is 0 Å². The molecule has 0 aliphatic carbocycles. The SMILES string of the molecule is C.CCCCC(=O)C(C)CCC1=C=CC(c2ccccc2)=C(c2ccccc2)O1. The molecule has 0 spiro atoms. The smallest absolute Gasteiger partial charge is 0.146 e. The van der Waals surface area contributed by atoms with Crippen molar-refractivity contribution in [3.8, 4) is 0 Å². The predicted octanol–water partition coefficient (Wildman–Crippen LogP) is 7.44. The average Bonchev–Trinajstić information content (AvgIpc) is 2.76. The summed E-state index contributed by atoms with van der Waals surface area (Å²) in [4.78, 5) is 12.2.